The summed E-state index contributed by atoms with van der Waals surface area (Å²) in [6.45, 7) is 23.7. The lowest BCUT2D eigenvalue weighted by Crippen LogP contribution is -2.63. The van der Waals surface area contributed by atoms with Gasteiger partial charge in [-0.1, -0.05) is 0 Å². The largest absolute Gasteiger partial charge is 0.480 e. The molecule has 0 spiro atoms. The van der Waals surface area contributed by atoms with E-state index in [4.69, 9.17) is 15.0 Å². The molecule has 0 amide bonds. The number of nitrogens with one attached hydrogen (secondary N) is 3. The molecule has 51 heavy (non-hydrogen) atoms. The summed E-state index contributed by atoms with van der Waals surface area (Å²) < 4.78 is 0. The molecule has 0 aromatic carbocycles. The molecule has 288 valence electrons. The molecule has 0 bridgehead atoms. The Balaban J connectivity index is 1.98. The number of carbonyl (C=O) groups is 3. The van der Waals surface area contributed by atoms with Gasteiger partial charge in [-0.05, 0) is 122 Å². The van der Waals surface area contributed by atoms with Crippen molar-refractivity contribution in [3.05, 3.63) is 0 Å². The van der Waals surface area contributed by atoms with Crippen molar-refractivity contribution in [2.75, 3.05) is 34.3 Å². The van der Waals surface area contributed by atoms with Gasteiger partial charge in [0.25, 0.3) is 0 Å². The second-order valence-electron chi connectivity index (χ2n) is 19.2. The summed E-state index contributed by atoms with van der Waals surface area (Å²) in [4.78, 5) is 57.4. The number of hydrogen-bond acceptors (Lipinski definition) is 12. The van der Waals surface area contributed by atoms with Crippen molar-refractivity contribution in [1.82, 2.24) is 30.9 Å². The highest BCUT2D eigenvalue weighted by molar-refractivity contribution is 5.75. The molecule has 4 rings (SSSR count). The van der Waals surface area contributed by atoms with E-state index in [0.29, 0.717) is 38.5 Å². The Bertz CT molecular complexity index is 1250. The minimum Gasteiger partial charge on any atom is -0.480 e. The van der Waals surface area contributed by atoms with Crippen molar-refractivity contribution in [3.63, 3.8) is 0 Å². The molecule has 3 saturated heterocycles. The van der Waals surface area contributed by atoms with Gasteiger partial charge in [0.15, 0.2) is 0 Å². The van der Waals surface area contributed by atoms with Crippen LogP contribution in [0.3, 0.4) is 0 Å². The zero-order chi connectivity index (χ0) is 38.5. The molecule has 1 aromatic rings. The molecule has 0 unspecified atom stereocenters. The van der Waals surface area contributed by atoms with Crippen molar-refractivity contribution in [1.29, 1.82) is 0 Å². The number of aromatic nitrogens is 3. The molecule has 1 aromatic heterocycles. The third kappa shape index (κ3) is 10.9. The van der Waals surface area contributed by atoms with Crippen LogP contribution in [0.5, 0.6) is 0 Å². The van der Waals surface area contributed by atoms with E-state index in [0.717, 1.165) is 0 Å². The van der Waals surface area contributed by atoms with Crippen LogP contribution in [0.25, 0.3) is 0 Å². The van der Waals surface area contributed by atoms with Crippen molar-refractivity contribution in [3.8, 4) is 0 Å². The topological polar surface area (TPSA) is 196 Å². The third-order valence-electron chi connectivity index (χ3n) is 10.1. The maximum absolute atomic E-state index is 12.5. The van der Waals surface area contributed by atoms with Gasteiger partial charge in [0.1, 0.15) is 19.6 Å². The molecule has 3 aliphatic rings. The molecule has 0 atom stereocenters. The number of anilines is 3. The number of piperidine rings is 3. The van der Waals surface area contributed by atoms with E-state index < -0.39 is 37.5 Å². The number of carboxylic acids is 3. The first-order valence-corrected chi connectivity index (χ1v) is 18.2. The van der Waals surface area contributed by atoms with Crippen LogP contribution in [0.1, 0.15) is 122 Å². The van der Waals surface area contributed by atoms with Crippen LogP contribution in [0.2, 0.25) is 0 Å². The average molecular weight is 718 g/mol. The van der Waals surface area contributed by atoms with Crippen molar-refractivity contribution < 1.29 is 29.7 Å². The fourth-order valence-corrected chi connectivity index (χ4v) is 9.72. The first-order chi connectivity index (χ1) is 23.1. The van der Waals surface area contributed by atoms with Gasteiger partial charge in [-0.2, -0.15) is 15.0 Å². The second kappa shape index (κ2) is 13.9. The summed E-state index contributed by atoms with van der Waals surface area (Å²) in [6.07, 6.45) is 3.53. The lowest BCUT2D eigenvalue weighted by Gasteiger charge is -2.50. The van der Waals surface area contributed by atoms with Gasteiger partial charge in [-0.15, -0.1) is 0 Å². The van der Waals surface area contributed by atoms with E-state index in [1.807, 2.05) is 0 Å². The molecule has 15 nitrogen and oxygen atoms in total. The quantitative estimate of drug-likeness (QED) is 0.184. The number of carboxylic acid groups (broad SMARTS) is 3. The van der Waals surface area contributed by atoms with Crippen molar-refractivity contribution in [2.24, 2.45) is 0 Å². The molecular weight excluding hydrogens is 654 g/mol. The Morgan fingerprint density at radius 2 is 0.647 bits per heavy atom. The molecule has 4 heterocycles. The molecule has 3 aliphatic heterocycles. The van der Waals surface area contributed by atoms with Gasteiger partial charge in [-0.3, -0.25) is 14.4 Å². The van der Waals surface area contributed by atoms with Gasteiger partial charge in [0.2, 0.25) is 17.8 Å². The second-order valence-corrected chi connectivity index (χ2v) is 19.2. The monoisotopic (exact) mass is 717 g/mol. The smallest absolute Gasteiger partial charge is 0.323 e. The molecule has 0 aliphatic carbocycles. The van der Waals surface area contributed by atoms with Crippen molar-refractivity contribution in [2.45, 2.75) is 173 Å². The number of aliphatic carboxylic acids is 3. The molecule has 15 heteroatoms. The predicted molar refractivity (Wildman–Crippen MR) is 198 cm³/mol. The highest BCUT2D eigenvalue weighted by Crippen LogP contribution is 2.38. The summed E-state index contributed by atoms with van der Waals surface area (Å²) in [5.74, 6) is -2.95. The molecule has 3 fully saturated rings. The predicted octanol–water partition coefficient (Wildman–Crippen LogP) is 3.47. The standard InChI is InChI=1S/C36H63N9O6/c1-31(2)13-22(14-32(3,4)40-31)43(19-25(46)47)28-37-29(44(20-26(48)49)23-15-33(5,6)41-34(7,8)16-23)39-30(38-28)45(21-27(50)51)24-17-35(9,10)42-36(11,12)18-24/h22-24,40-42H,13-21H2,1-12H3,(H,46,47)(H,48,49)(H,50,51). The van der Waals surface area contributed by atoms with Crippen molar-refractivity contribution >= 4 is 35.8 Å². The molecular formula is C36H63N9O6. The lowest BCUT2D eigenvalue weighted by molar-refractivity contribution is -0.136. The normalized spacial score (nSPS) is 24.0. The minimum absolute atomic E-state index is 0.0848. The van der Waals surface area contributed by atoms with Crippen LogP contribution in [0.15, 0.2) is 0 Å². The Labute approximate surface area is 303 Å². The lowest BCUT2D eigenvalue weighted by atomic mass is 9.79. The van der Waals surface area contributed by atoms with Crippen LogP contribution >= 0.6 is 0 Å². The van der Waals surface area contributed by atoms with E-state index in [-0.39, 0.29) is 69.2 Å². The molecule has 6 N–H and O–H groups in total. The van der Waals surface area contributed by atoms with Gasteiger partial charge < -0.3 is 46.0 Å². The van der Waals surface area contributed by atoms with Gasteiger partial charge in [0, 0.05) is 51.4 Å². The molecule has 0 saturated carbocycles. The first-order valence-electron chi connectivity index (χ1n) is 18.2. The summed E-state index contributed by atoms with van der Waals surface area (Å²) in [5.41, 5.74) is -2.05. The van der Waals surface area contributed by atoms with E-state index in [1.54, 1.807) is 14.7 Å². The van der Waals surface area contributed by atoms with Crippen LogP contribution in [0.4, 0.5) is 17.8 Å². The molecule has 0 radical (unpaired) electrons. The van der Waals surface area contributed by atoms with E-state index >= 15 is 0 Å². The van der Waals surface area contributed by atoms with Crippen LogP contribution in [0, 0.1) is 0 Å². The van der Waals surface area contributed by atoms with Crippen LogP contribution in [-0.4, -0.2) is 119 Å². The minimum atomic E-state index is -1.07. The number of rotatable bonds is 12. The van der Waals surface area contributed by atoms with E-state index in [1.165, 1.54) is 0 Å². The first kappa shape index (κ1) is 40.5. The SMILES string of the molecule is CC1(C)CC(N(CC(=O)O)c2nc(N(CC(=O)O)C3CC(C)(C)NC(C)(C)C3)nc(N(CC(=O)O)C3CC(C)(C)NC(C)(C)C3)n2)CC(C)(C)N1. The van der Waals surface area contributed by atoms with E-state index in [2.05, 4.69) is 99.0 Å². The fourth-order valence-electron chi connectivity index (χ4n) is 9.72. The zero-order valence-corrected chi connectivity index (χ0v) is 32.8. The maximum Gasteiger partial charge on any atom is 0.323 e. The van der Waals surface area contributed by atoms with E-state index in [9.17, 15) is 29.7 Å². The summed E-state index contributed by atoms with van der Waals surface area (Å²) in [7, 11) is 0. The van der Waals surface area contributed by atoms with Gasteiger partial charge >= 0.3 is 17.9 Å². The average Bonchev–Trinajstić information content (AvgIpc) is 2.87. The highest BCUT2D eigenvalue weighted by Gasteiger charge is 2.45. The maximum atomic E-state index is 12.5. The Morgan fingerprint density at radius 1 is 0.471 bits per heavy atom. The summed E-state index contributed by atoms with van der Waals surface area (Å²) >= 11 is 0. The number of nitrogens with zero attached hydrogens (tertiary/aromatic N) is 6. The van der Waals surface area contributed by atoms with Crippen LogP contribution < -0.4 is 30.7 Å². The summed E-state index contributed by atoms with van der Waals surface area (Å²) in [5, 5.41) is 41.7. The number of hydrogen-bond donors (Lipinski definition) is 6. The Kier molecular flexibility index (Phi) is 11.0. The fraction of sp³-hybridized carbons (Fsp3) is 0.833. The van der Waals surface area contributed by atoms with Gasteiger partial charge in [-0.25, -0.2) is 0 Å². The Morgan fingerprint density at radius 3 is 0.804 bits per heavy atom. The Hall–Kier alpha value is -3.30. The zero-order valence-electron chi connectivity index (χ0n) is 32.8. The van der Waals surface area contributed by atoms with Crippen LogP contribution in [-0.2, 0) is 14.4 Å². The third-order valence-corrected chi connectivity index (χ3v) is 10.1. The summed E-state index contributed by atoms with van der Waals surface area (Å²) in [6, 6.07) is -0.903. The van der Waals surface area contributed by atoms with Gasteiger partial charge in [0.05, 0.1) is 0 Å². The highest BCUT2D eigenvalue weighted by atomic mass is 16.4.